The number of benzene rings is 1. The van der Waals surface area contributed by atoms with Gasteiger partial charge in [-0.1, -0.05) is 29.3 Å². The van der Waals surface area contributed by atoms with Crippen molar-refractivity contribution in [1.29, 1.82) is 0 Å². The summed E-state index contributed by atoms with van der Waals surface area (Å²) < 4.78 is 5.45. The first kappa shape index (κ1) is 21.7. The van der Waals surface area contributed by atoms with E-state index in [-0.39, 0.29) is 0 Å². The quantitative estimate of drug-likeness (QED) is 0.537. The number of nitrogens with two attached hydrogens (primary N) is 1. The molecular formula is C23H30Cl2N4O. The lowest BCUT2D eigenvalue weighted by Crippen LogP contribution is -2.33. The first-order valence-electron chi connectivity index (χ1n) is 10.9. The van der Waals surface area contributed by atoms with Crippen LogP contribution in [0.4, 0.5) is 11.5 Å². The van der Waals surface area contributed by atoms with Gasteiger partial charge in [0, 0.05) is 43.6 Å². The lowest BCUT2D eigenvalue weighted by atomic mass is 9.92. The fraction of sp³-hybridized carbons (Fsp3) is 0.522. The van der Waals surface area contributed by atoms with E-state index in [1.54, 1.807) is 6.20 Å². The van der Waals surface area contributed by atoms with Crippen LogP contribution in [0.1, 0.15) is 38.5 Å². The topological polar surface area (TPSA) is 72.2 Å². The van der Waals surface area contributed by atoms with E-state index in [1.165, 1.54) is 0 Å². The number of pyridine rings is 1. The molecule has 2 heterocycles. The van der Waals surface area contributed by atoms with Crippen LogP contribution < -0.4 is 16.4 Å². The molecule has 4 N–H and O–H groups in total. The third kappa shape index (κ3) is 5.58. The van der Waals surface area contributed by atoms with E-state index in [0.717, 1.165) is 80.9 Å². The van der Waals surface area contributed by atoms with Crippen molar-refractivity contribution in [3.05, 3.63) is 40.5 Å². The maximum absolute atomic E-state index is 6.51. The first-order chi connectivity index (χ1) is 14.6. The van der Waals surface area contributed by atoms with Crippen LogP contribution in [0.5, 0.6) is 0 Å². The van der Waals surface area contributed by atoms with Gasteiger partial charge in [-0.15, -0.1) is 0 Å². The number of nitrogens with zero attached hydrogens (tertiary/aromatic N) is 1. The maximum atomic E-state index is 6.51. The molecule has 1 aliphatic heterocycles. The van der Waals surface area contributed by atoms with Crippen molar-refractivity contribution < 1.29 is 4.74 Å². The number of hydrogen-bond donors (Lipinski definition) is 3. The van der Waals surface area contributed by atoms with Gasteiger partial charge in [-0.25, -0.2) is 4.98 Å². The van der Waals surface area contributed by atoms with Gasteiger partial charge in [0.2, 0.25) is 0 Å². The van der Waals surface area contributed by atoms with E-state index >= 15 is 0 Å². The number of anilines is 2. The molecule has 0 spiro atoms. The summed E-state index contributed by atoms with van der Waals surface area (Å²) in [6.07, 6.45) is 8.14. The van der Waals surface area contributed by atoms with Crippen molar-refractivity contribution >= 4 is 34.7 Å². The van der Waals surface area contributed by atoms with Crippen molar-refractivity contribution in [3.8, 4) is 11.1 Å². The largest absolute Gasteiger partial charge is 0.384 e. The Morgan fingerprint density at radius 3 is 2.53 bits per heavy atom. The molecule has 1 aromatic heterocycles. The predicted octanol–water partition coefficient (Wildman–Crippen LogP) is 5.58. The minimum atomic E-state index is 0.331. The van der Waals surface area contributed by atoms with Gasteiger partial charge in [0.1, 0.15) is 5.82 Å². The summed E-state index contributed by atoms with van der Waals surface area (Å²) in [4.78, 5) is 4.49. The van der Waals surface area contributed by atoms with Gasteiger partial charge in [-0.3, -0.25) is 0 Å². The summed E-state index contributed by atoms with van der Waals surface area (Å²) in [6, 6.07) is 8.78. The summed E-state index contributed by atoms with van der Waals surface area (Å²) in [5.41, 5.74) is 8.93. The molecule has 2 aromatic rings. The fourth-order valence-corrected chi connectivity index (χ4v) is 4.64. The molecule has 0 unspecified atom stereocenters. The Hall–Kier alpha value is -1.53. The standard InChI is InChI=1S/C23H30Cl2N4O/c24-20-6-1-16(11-22(20)27-13-15-7-9-30-10-8-15)19-12-23(28-14-21(19)25)29-18-4-2-17(26)3-5-18/h1,6,11-12,14-15,17-18,27H,2-5,7-10,13,26H2,(H,28,29). The van der Waals surface area contributed by atoms with Crippen LogP contribution in [-0.2, 0) is 4.74 Å². The molecule has 0 radical (unpaired) electrons. The van der Waals surface area contributed by atoms with Crippen LogP contribution in [-0.4, -0.2) is 36.8 Å². The average molecular weight is 449 g/mol. The van der Waals surface area contributed by atoms with E-state index in [0.29, 0.717) is 28.0 Å². The lowest BCUT2D eigenvalue weighted by molar-refractivity contribution is 0.0699. The highest BCUT2D eigenvalue weighted by Gasteiger charge is 2.19. The van der Waals surface area contributed by atoms with E-state index < -0.39 is 0 Å². The highest BCUT2D eigenvalue weighted by atomic mass is 35.5. The molecule has 1 saturated heterocycles. The van der Waals surface area contributed by atoms with Crippen molar-refractivity contribution in [1.82, 2.24) is 4.98 Å². The van der Waals surface area contributed by atoms with E-state index in [2.05, 4.69) is 21.7 Å². The molecule has 2 fully saturated rings. The minimum Gasteiger partial charge on any atom is -0.384 e. The zero-order valence-electron chi connectivity index (χ0n) is 17.2. The van der Waals surface area contributed by atoms with E-state index in [9.17, 15) is 0 Å². The minimum absolute atomic E-state index is 0.331. The van der Waals surface area contributed by atoms with Crippen LogP contribution in [0.15, 0.2) is 30.5 Å². The van der Waals surface area contributed by atoms with Crippen LogP contribution in [0.2, 0.25) is 10.0 Å². The molecule has 162 valence electrons. The maximum Gasteiger partial charge on any atom is 0.126 e. The molecule has 30 heavy (non-hydrogen) atoms. The second-order valence-corrected chi connectivity index (χ2v) is 9.25. The lowest BCUT2D eigenvalue weighted by Gasteiger charge is -2.27. The Bertz CT molecular complexity index is 849. The summed E-state index contributed by atoms with van der Waals surface area (Å²) in [5, 5.41) is 8.42. The first-order valence-corrected chi connectivity index (χ1v) is 11.6. The van der Waals surface area contributed by atoms with Crippen molar-refractivity contribution in [2.24, 2.45) is 11.7 Å². The van der Waals surface area contributed by atoms with Gasteiger partial charge in [0.15, 0.2) is 0 Å². The monoisotopic (exact) mass is 448 g/mol. The molecular weight excluding hydrogens is 419 g/mol. The summed E-state index contributed by atoms with van der Waals surface area (Å²) in [5.74, 6) is 1.46. The third-order valence-electron chi connectivity index (χ3n) is 6.18. The van der Waals surface area contributed by atoms with Crippen LogP contribution in [0.25, 0.3) is 11.1 Å². The number of nitrogens with one attached hydrogen (secondary N) is 2. The molecule has 5 nitrogen and oxygen atoms in total. The Kier molecular flexibility index (Phi) is 7.37. The van der Waals surface area contributed by atoms with Gasteiger partial charge in [0.05, 0.1) is 15.7 Å². The van der Waals surface area contributed by atoms with E-state index in [1.807, 2.05) is 18.2 Å². The third-order valence-corrected chi connectivity index (χ3v) is 6.81. The van der Waals surface area contributed by atoms with Crippen molar-refractivity contribution in [3.63, 3.8) is 0 Å². The number of ether oxygens (including phenoxy) is 1. The number of rotatable bonds is 6. The van der Waals surface area contributed by atoms with Gasteiger partial charge in [-0.05, 0) is 68.2 Å². The molecule has 0 atom stereocenters. The molecule has 0 amide bonds. The zero-order chi connectivity index (χ0) is 20.9. The number of halogens is 2. The Morgan fingerprint density at radius 1 is 1.00 bits per heavy atom. The molecule has 7 heteroatoms. The highest BCUT2D eigenvalue weighted by Crippen LogP contribution is 2.34. The number of hydrogen-bond acceptors (Lipinski definition) is 5. The SMILES string of the molecule is NC1CCC(Nc2cc(-c3ccc(Cl)c(NCC4CCOCC4)c3)c(Cl)cn2)CC1. The number of aromatic nitrogens is 1. The van der Waals surface area contributed by atoms with Gasteiger partial charge in [0.25, 0.3) is 0 Å². The fourth-order valence-electron chi connectivity index (χ4n) is 4.24. The average Bonchev–Trinajstić information content (AvgIpc) is 2.77. The van der Waals surface area contributed by atoms with E-state index in [4.69, 9.17) is 33.7 Å². The second-order valence-electron chi connectivity index (χ2n) is 8.44. The van der Waals surface area contributed by atoms with Gasteiger partial charge >= 0.3 is 0 Å². The van der Waals surface area contributed by atoms with Gasteiger partial charge < -0.3 is 21.1 Å². The van der Waals surface area contributed by atoms with Crippen molar-refractivity contribution in [2.45, 2.75) is 50.6 Å². The highest BCUT2D eigenvalue weighted by molar-refractivity contribution is 6.34. The van der Waals surface area contributed by atoms with Crippen LogP contribution in [0, 0.1) is 5.92 Å². The van der Waals surface area contributed by atoms with Crippen LogP contribution in [0.3, 0.4) is 0 Å². The molecule has 0 bridgehead atoms. The van der Waals surface area contributed by atoms with Gasteiger partial charge in [-0.2, -0.15) is 0 Å². The predicted molar refractivity (Wildman–Crippen MR) is 126 cm³/mol. The summed E-state index contributed by atoms with van der Waals surface area (Å²) in [7, 11) is 0. The summed E-state index contributed by atoms with van der Waals surface area (Å²) in [6.45, 7) is 2.58. The molecule has 2 aliphatic rings. The zero-order valence-corrected chi connectivity index (χ0v) is 18.7. The summed E-state index contributed by atoms with van der Waals surface area (Å²) >= 11 is 13.0. The smallest absolute Gasteiger partial charge is 0.126 e. The second kappa shape index (κ2) is 10.2. The Balaban J connectivity index is 1.48. The Labute approximate surface area is 188 Å². The molecule has 1 saturated carbocycles. The molecule has 1 aliphatic carbocycles. The van der Waals surface area contributed by atoms with Crippen LogP contribution >= 0.6 is 23.2 Å². The Morgan fingerprint density at radius 2 is 1.77 bits per heavy atom. The molecule has 1 aromatic carbocycles. The van der Waals surface area contributed by atoms with Crippen molar-refractivity contribution in [2.75, 3.05) is 30.4 Å². The molecule has 4 rings (SSSR count). The normalized spacial score (nSPS) is 22.6.